The van der Waals surface area contributed by atoms with Crippen molar-refractivity contribution in [3.63, 3.8) is 0 Å². The Hall–Kier alpha value is -0.650. The Morgan fingerprint density at radius 1 is 1.11 bits per heavy atom. The second kappa shape index (κ2) is 5.55. The Labute approximate surface area is 108 Å². The smallest absolute Gasteiger partial charge is 0.225 e. The van der Waals surface area contributed by atoms with Gasteiger partial charge >= 0.3 is 0 Å². The van der Waals surface area contributed by atoms with Crippen molar-refractivity contribution in [1.82, 2.24) is 9.80 Å². The average Bonchev–Trinajstić information content (AvgIpc) is 3.24. The monoisotopic (exact) mass is 254 g/mol. The van der Waals surface area contributed by atoms with Crippen LogP contribution in [0, 0.1) is 5.92 Å². The highest BCUT2D eigenvalue weighted by Gasteiger charge is 2.35. The summed E-state index contributed by atoms with van der Waals surface area (Å²) < 4.78 is 11.1. The van der Waals surface area contributed by atoms with Gasteiger partial charge in [-0.3, -0.25) is 9.69 Å². The molecule has 5 heteroatoms. The molecule has 2 aliphatic heterocycles. The van der Waals surface area contributed by atoms with Crippen molar-refractivity contribution in [2.75, 3.05) is 52.5 Å². The Morgan fingerprint density at radius 2 is 1.89 bits per heavy atom. The van der Waals surface area contributed by atoms with Gasteiger partial charge in [-0.1, -0.05) is 0 Å². The van der Waals surface area contributed by atoms with Gasteiger partial charge in [0.2, 0.25) is 5.91 Å². The Morgan fingerprint density at radius 3 is 2.61 bits per heavy atom. The van der Waals surface area contributed by atoms with E-state index in [1.807, 2.05) is 4.90 Å². The molecule has 1 unspecified atom stereocenters. The zero-order valence-electron chi connectivity index (χ0n) is 10.8. The van der Waals surface area contributed by atoms with Crippen molar-refractivity contribution in [3.05, 3.63) is 0 Å². The van der Waals surface area contributed by atoms with E-state index in [4.69, 9.17) is 9.47 Å². The zero-order chi connectivity index (χ0) is 12.4. The first-order chi connectivity index (χ1) is 8.83. The molecule has 0 radical (unpaired) electrons. The van der Waals surface area contributed by atoms with E-state index in [1.165, 1.54) is 0 Å². The molecule has 0 spiro atoms. The molecule has 3 aliphatic rings. The van der Waals surface area contributed by atoms with Crippen LogP contribution in [0.25, 0.3) is 0 Å². The summed E-state index contributed by atoms with van der Waals surface area (Å²) in [7, 11) is 0. The lowest BCUT2D eigenvalue weighted by Crippen LogP contribution is -2.51. The first-order valence-electron chi connectivity index (χ1n) is 7.03. The van der Waals surface area contributed by atoms with E-state index in [-0.39, 0.29) is 6.10 Å². The summed E-state index contributed by atoms with van der Waals surface area (Å²) in [6.07, 6.45) is 2.36. The molecule has 0 bridgehead atoms. The van der Waals surface area contributed by atoms with Crippen LogP contribution in [-0.2, 0) is 14.3 Å². The van der Waals surface area contributed by atoms with Crippen LogP contribution >= 0.6 is 0 Å². The van der Waals surface area contributed by atoms with E-state index in [2.05, 4.69) is 4.90 Å². The number of carbonyl (C=O) groups excluding carboxylic acids is 1. The maximum atomic E-state index is 12.0. The molecule has 2 heterocycles. The van der Waals surface area contributed by atoms with Gasteiger partial charge in [-0.05, 0) is 12.8 Å². The van der Waals surface area contributed by atoms with Crippen LogP contribution in [0.2, 0.25) is 0 Å². The van der Waals surface area contributed by atoms with E-state index in [1.54, 1.807) is 0 Å². The van der Waals surface area contributed by atoms with Crippen molar-refractivity contribution in [2.45, 2.75) is 18.9 Å². The molecule has 3 fully saturated rings. The quantitative estimate of drug-likeness (QED) is 0.708. The van der Waals surface area contributed by atoms with Crippen molar-refractivity contribution in [3.8, 4) is 0 Å². The van der Waals surface area contributed by atoms with Gasteiger partial charge in [0.15, 0.2) is 0 Å². The second-order valence-electron chi connectivity index (χ2n) is 5.46. The van der Waals surface area contributed by atoms with Crippen LogP contribution in [0.1, 0.15) is 12.8 Å². The van der Waals surface area contributed by atoms with Crippen molar-refractivity contribution in [1.29, 1.82) is 0 Å². The van der Waals surface area contributed by atoms with Gasteiger partial charge in [-0.25, -0.2) is 0 Å². The molecule has 102 valence electrons. The molecule has 5 nitrogen and oxygen atoms in total. The Kier molecular flexibility index (Phi) is 3.82. The summed E-state index contributed by atoms with van der Waals surface area (Å²) in [5.41, 5.74) is 0. The number of ether oxygens (including phenoxy) is 2. The number of morpholine rings is 2. The van der Waals surface area contributed by atoms with Crippen molar-refractivity contribution in [2.24, 2.45) is 5.92 Å². The molecule has 1 atom stereocenters. The summed E-state index contributed by atoms with van der Waals surface area (Å²) in [6, 6.07) is 0. The van der Waals surface area contributed by atoms with Crippen LogP contribution in [-0.4, -0.2) is 74.4 Å². The largest absolute Gasteiger partial charge is 0.379 e. The van der Waals surface area contributed by atoms with Gasteiger partial charge in [0, 0.05) is 38.6 Å². The SMILES string of the molecule is O=C(C1CC1)N1CCOC(CN2CCOCC2)C1. The third kappa shape index (κ3) is 3.02. The van der Waals surface area contributed by atoms with Crippen LogP contribution in [0.5, 0.6) is 0 Å². The fraction of sp³-hybridized carbons (Fsp3) is 0.923. The number of rotatable bonds is 3. The van der Waals surface area contributed by atoms with Gasteiger partial charge < -0.3 is 14.4 Å². The Balaban J connectivity index is 1.48. The maximum Gasteiger partial charge on any atom is 0.225 e. The minimum Gasteiger partial charge on any atom is -0.379 e. The molecule has 0 aromatic heterocycles. The van der Waals surface area contributed by atoms with Crippen molar-refractivity contribution < 1.29 is 14.3 Å². The maximum absolute atomic E-state index is 12.0. The highest BCUT2D eigenvalue weighted by atomic mass is 16.5. The third-order valence-corrected chi connectivity index (χ3v) is 3.94. The standard InChI is InChI=1S/C13H22N2O3/c16-13(11-1-2-11)15-5-8-18-12(10-15)9-14-3-6-17-7-4-14/h11-12H,1-10H2. The lowest BCUT2D eigenvalue weighted by molar-refractivity contribution is -0.141. The van der Waals surface area contributed by atoms with E-state index in [0.717, 1.165) is 58.8 Å². The number of nitrogens with zero attached hydrogens (tertiary/aromatic N) is 2. The molecule has 0 aromatic rings. The fourth-order valence-electron chi connectivity index (χ4n) is 2.69. The number of amides is 1. The first kappa shape index (κ1) is 12.4. The predicted molar refractivity (Wildman–Crippen MR) is 66.3 cm³/mol. The molecule has 3 rings (SSSR count). The van der Waals surface area contributed by atoms with E-state index >= 15 is 0 Å². The highest BCUT2D eigenvalue weighted by molar-refractivity contribution is 5.81. The zero-order valence-corrected chi connectivity index (χ0v) is 10.8. The van der Waals surface area contributed by atoms with Gasteiger partial charge in [0.25, 0.3) is 0 Å². The lowest BCUT2D eigenvalue weighted by Gasteiger charge is -2.36. The highest BCUT2D eigenvalue weighted by Crippen LogP contribution is 2.31. The minimum atomic E-state index is 0.180. The number of hydrogen-bond donors (Lipinski definition) is 0. The molecule has 18 heavy (non-hydrogen) atoms. The van der Waals surface area contributed by atoms with E-state index in [0.29, 0.717) is 18.4 Å². The second-order valence-corrected chi connectivity index (χ2v) is 5.46. The topological polar surface area (TPSA) is 42.0 Å². The summed E-state index contributed by atoms with van der Waals surface area (Å²) in [6.45, 7) is 6.76. The molecule has 1 amide bonds. The third-order valence-electron chi connectivity index (χ3n) is 3.94. The first-order valence-corrected chi connectivity index (χ1v) is 7.03. The van der Waals surface area contributed by atoms with E-state index in [9.17, 15) is 4.79 Å². The summed E-state index contributed by atoms with van der Waals surface area (Å²) in [5, 5.41) is 0. The summed E-state index contributed by atoms with van der Waals surface area (Å²) in [5.74, 6) is 0.678. The number of carbonyl (C=O) groups is 1. The minimum absolute atomic E-state index is 0.180. The fourth-order valence-corrected chi connectivity index (χ4v) is 2.69. The van der Waals surface area contributed by atoms with Gasteiger partial charge in [0.05, 0.1) is 25.9 Å². The molecular formula is C13H22N2O3. The van der Waals surface area contributed by atoms with Crippen LogP contribution < -0.4 is 0 Å². The van der Waals surface area contributed by atoms with Crippen LogP contribution in [0.4, 0.5) is 0 Å². The van der Waals surface area contributed by atoms with Gasteiger partial charge in [-0.15, -0.1) is 0 Å². The van der Waals surface area contributed by atoms with E-state index < -0.39 is 0 Å². The normalized spacial score (nSPS) is 30.4. The Bertz CT molecular complexity index is 301. The average molecular weight is 254 g/mol. The van der Waals surface area contributed by atoms with Gasteiger partial charge in [0.1, 0.15) is 0 Å². The lowest BCUT2D eigenvalue weighted by atomic mass is 10.2. The summed E-state index contributed by atoms with van der Waals surface area (Å²) in [4.78, 5) is 16.4. The van der Waals surface area contributed by atoms with Crippen molar-refractivity contribution >= 4 is 5.91 Å². The molecular weight excluding hydrogens is 232 g/mol. The van der Waals surface area contributed by atoms with Crippen LogP contribution in [0.3, 0.4) is 0 Å². The number of hydrogen-bond acceptors (Lipinski definition) is 4. The molecule has 1 saturated carbocycles. The molecule has 0 N–H and O–H groups in total. The predicted octanol–water partition coefficient (Wildman–Crippen LogP) is -0.0440. The molecule has 1 aliphatic carbocycles. The van der Waals surface area contributed by atoms with Gasteiger partial charge in [-0.2, -0.15) is 0 Å². The summed E-state index contributed by atoms with van der Waals surface area (Å²) >= 11 is 0. The van der Waals surface area contributed by atoms with Crippen LogP contribution in [0.15, 0.2) is 0 Å². The molecule has 0 aromatic carbocycles. The molecule has 2 saturated heterocycles.